The first kappa shape index (κ1) is 14.4. The van der Waals surface area contributed by atoms with E-state index in [4.69, 9.17) is 9.47 Å². The molecule has 5 heteroatoms. The quantitative estimate of drug-likeness (QED) is 0.800. The van der Waals surface area contributed by atoms with E-state index in [9.17, 15) is 9.59 Å². The van der Waals surface area contributed by atoms with Gasteiger partial charge in [0.2, 0.25) is 0 Å². The number of ether oxygens (including phenoxy) is 2. The Balaban J connectivity index is 2.28. The van der Waals surface area contributed by atoms with Gasteiger partial charge in [0.25, 0.3) is 5.56 Å². The van der Waals surface area contributed by atoms with E-state index in [0.717, 1.165) is 5.39 Å². The van der Waals surface area contributed by atoms with E-state index in [-0.39, 0.29) is 12.3 Å². The fraction of sp³-hybridized carbons (Fsp3) is 0.294. The highest BCUT2D eigenvalue weighted by Crippen LogP contribution is 2.35. The van der Waals surface area contributed by atoms with Crippen LogP contribution in [0.3, 0.4) is 0 Å². The molecular formula is C17H17NO4. The summed E-state index contributed by atoms with van der Waals surface area (Å²) in [5, 5.41) is 0.821. The Morgan fingerprint density at radius 2 is 2.05 bits per heavy atom. The van der Waals surface area contributed by atoms with Gasteiger partial charge in [-0.05, 0) is 38.1 Å². The summed E-state index contributed by atoms with van der Waals surface area (Å²) in [5.74, 6) is 0.147. The number of aromatic nitrogens is 1. The molecule has 22 heavy (non-hydrogen) atoms. The summed E-state index contributed by atoms with van der Waals surface area (Å²) in [6.45, 7) is 5.08. The van der Waals surface area contributed by atoms with Crippen LogP contribution >= 0.6 is 0 Å². The summed E-state index contributed by atoms with van der Waals surface area (Å²) < 4.78 is 12.4. The van der Waals surface area contributed by atoms with Gasteiger partial charge in [-0.3, -0.25) is 14.2 Å². The first-order valence-corrected chi connectivity index (χ1v) is 7.06. The lowest BCUT2D eigenvalue weighted by atomic mass is 10.0. The highest BCUT2D eigenvalue weighted by Gasteiger charge is 2.26. The second-order valence-electron chi connectivity index (χ2n) is 5.80. The van der Waals surface area contributed by atoms with Crippen LogP contribution in [-0.4, -0.2) is 16.1 Å². The van der Waals surface area contributed by atoms with Crippen LogP contribution in [0, 0.1) is 0 Å². The van der Waals surface area contributed by atoms with Crippen LogP contribution in [-0.2, 0) is 16.3 Å². The number of benzene rings is 1. The second-order valence-corrected chi connectivity index (χ2v) is 5.80. The van der Waals surface area contributed by atoms with Gasteiger partial charge in [-0.25, -0.2) is 0 Å². The molecule has 0 bridgehead atoms. The van der Waals surface area contributed by atoms with Crippen molar-refractivity contribution in [2.24, 2.45) is 0 Å². The number of hydrogen-bond donors (Lipinski definition) is 0. The average molecular weight is 299 g/mol. The number of fused-ring (bicyclic) bond motifs is 3. The van der Waals surface area contributed by atoms with Crippen molar-refractivity contribution in [1.82, 2.24) is 4.57 Å². The molecular weight excluding hydrogens is 282 g/mol. The standard InChI is InChI=1S/C17H17NO4/c1-11(19)21-10-18-14-7-5-4-6-12(14)15-13(16(18)20)8-9-17(2,3)22-15/h4-9H,10H2,1-3H3. The number of esters is 1. The summed E-state index contributed by atoms with van der Waals surface area (Å²) in [6, 6.07) is 7.43. The van der Waals surface area contributed by atoms with E-state index in [2.05, 4.69) is 0 Å². The zero-order chi connectivity index (χ0) is 15.9. The number of rotatable bonds is 2. The highest BCUT2D eigenvalue weighted by molar-refractivity contribution is 5.89. The molecule has 114 valence electrons. The molecule has 1 aliphatic rings. The van der Waals surface area contributed by atoms with Gasteiger partial charge in [-0.15, -0.1) is 0 Å². The Kier molecular flexibility index (Phi) is 3.28. The number of nitrogens with zero attached hydrogens (tertiary/aromatic N) is 1. The third kappa shape index (κ3) is 2.39. The van der Waals surface area contributed by atoms with Gasteiger partial charge < -0.3 is 9.47 Å². The van der Waals surface area contributed by atoms with Gasteiger partial charge in [-0.2, -0.15) is 0 Å². The summed E-state index contributed by atoms with van der Waals surface area (Å²) in [7, 11) is 0. The monoisotopic (exact) mass is 299 g/mol. The van der Waals surface area contributed by atoms with Crippen molar-refractivity contribution in [3.05, 3.63) is 46.3 Å². The molecule has 2 aromatic rings. The van der Waals surface area contributed by atoms with Crippen LogP contribution in [0.25, 0.3) is 17.0 Å². The number of carbonyl (C=O) groups is 1. The van der Waals surface area contributed by atoms with Crippen LogP contribution < -0.4 is 10.3 Å². The predicted octanol–water partition coefficient (Wildman–Crippen LogP) is 2.71. The van der Waals surface area contributed by atoms with Crippen LogP contribution in [0.5, 0.6) is 5.75 Å². The van der Waals surface area contributed by atoms with Gasteiger partial charge >= 0.3 is 5.97 Å². The van der Waals surface area contributed by atoms with Gasteiger partial charge in [0.05, 0.1) is 11.1 Å². The Labute approximate surface area is 127 Å². The number of carbonyl (C=O) groups excluding carboxylic acids is 1. The van der Waals surface area contributed by atoms with Crippen LogP contribution in [0.1, 0.15) is 26.3 Å². The first-order valence-electron chi connectivity index (χ1n) is 7.06. The largest absolute Gasteiger partial charge is 0.482 e. The Bertz CT molecular complexity index is 846. The summed E-state index contributed by atoms with van der Waals surface area (Å²) >= 11 is 0. The average Bonchev–Trinajstić information content (AvgIpc) is 2.46. The van der Waals surface area contributed by atoms with E-state index in [1.807, 2.05) is 44.2 Å². The lowest BCUT2D eigenvalue weighted by molar-refractivity contribution is -0.144. The minimum atomic E-state index is -0.468. The topological polar surface area (TPSA) is 57.5 Å². The van der Waals surface area contributed by atoms with Crippen molar-refractivity contribution in [3.63, 3.8) is 0 Å². The third-order valence-corrected chi connectivity index (χ3v) is 3.57. The van der Waals surface area contributed by atoms with Crippen LogP contribution in [0.15, 0.2) is 35.1 Å². The molecule has 0 unspecified atom stereocenters. The van der Waals surface area contributed by atoms with Crippen molar-refractivity contribution >= 4 is 22.9 Å². The molecule has 0 N–H and O–H groups in total. The maximum atomic E-state index is 12.7. The predicted molar refractivity (Wildman–Crippen MR) is 83.7 cm³/mol. The fourth-order valence-corrected chi connectivity index (χ4v) is 2.52. The Hall–Kier alpha value is -2.56. The molecule has 1 aromatic carbocycles. The van der Waals surface area contributed by atoms with Crippen LogP contribution in [0.2, 0.25) is 0 Å². The minimum absolute atomic E-state index is 0.112. The zero-order valence-corrected chi connectivity index (χ0v) is 12.8. The van der Waals surface area contributed by atoms with Crippen LogP contribution in [0.4, 0.5) is 0 Å². The normalized spacial score (nSPS) is 15.2. The first-order chi connectivity index (χ1) is 10.4. The van der Waals surface area contributed by atoms with E-state index in [1.165, 1.54) is 11.5 Å². The molecule has 0 atom stereocenters. The van der Waals surface area contributed by atoms with Gasteiger partial charge in [-0.1, -0.05) is 12.1 Å². The zero-order valence-electron chi connectivity index (χ0n) is 12.8. The second kappa shape index (κ2) is 5.02. The number of para-hydroxylation sites is 1. The molecule has 0 radical (unpaired) electrons. The number of hydrogen-bond acceptors (Lipinski definition) is 4. The van der Waals surface area contributed by atoms with Gasteiger partial charge in [0, 0.05) is 12.3 Å². The molecule has 1 aromatic heterocycles. The molecule has 3 rings (SSSR count). The summed E-state index contributed by atoms with van der Waals surface area (Å²) in [5.41, 5.74) is 0.454. The van der Waals surface area contributed by atoms with Crippen molar-refractivity contribution < 1.29 is 14.3 Å². The molecule has 1 aliphatic heterocycles. The van der Waals surface area contributed by atoms with Crippen molar-refractivity contribution in [2.45, 2.75) is 33.1 Å². The molecule has 2 heterocycles. The fourth-order valence-electron chi connectivity index (χ4n) is 2.52. The number of pyridine rings is 1. The van der Waals surface area contributed by atoms with Crippen molar-refractivity contribution in [2.75, 3.05) is 0 Å². The molecule has 0 amide bonds. The summed E-state index contributed by atoms with van der Waals surface area (Å²) in [6.07, 6.45) is 3.62. The van der Waals surface area contributed by atoms with E-state index >= 15 is 0 Å². The Morgan fingerprint density at radius 1 is 1.32 bits per heavy atom. The summed E-state index contributed by atoms with van der Waals surface area (Å²) in [4.78, 5) is 23.8. The van der Waals surface area contributed by atoms with E-state index in [1.54, 1.807) is 6.08 Å². The van der Waals surface area contributed by atoms with Gasteiger partial charge in [0.1, 0.15) is 11.4 Å². The van der Waals surface area contributed by atoms with Crippen molar-refractivity contribution in [1.29, 1.82) is 0 Å². The minimum Gasteiger partial charge on any atom is -0.482 e. The maximum Gasteiger partial charge on any atom is 0.304 e. The Morgan fingerprint density at radius 3 is 2.77 bits per heavy atom. The van der Waals surface area contributed by atoms with Gasteiger partial charge in [0.15, 0.2) is 6.73 Å². The molecule has 0 saturated heterocycles. The lowest BCUT2D eigenvalue weighted by Crippen LogP contribution is -2.32. The molecule has 0 fully saturated rings. The smallest absolute Gasteiger partial charge is 0.304 e. The molecule has 0 aliphatic carbocycles. The lowest BCUT2D eigenvalue weighted by Gasteiger charge is -2.29. The third-order valence-electron chi connectivity index (χ3n) is 3.57. The highest BCUT2D eigenvalue weighted by atomic mass is 16.5. The SMILES string of the molecule is CC(=O)OCn1c(=O)c2c(c3ccccc31)OC(C)(C)C=C2. The maximum absolute atomic E-state index is 12.7. The molecule has 0 saturated carbocycles. The molecule has 0 spiro atoms. The van der Waals surface area contributed by atoms with E-state index < -0.39 is 11.6 Å². The molecule has 5 nitrogen and oxygen atoms in total. The van der Waals surface area contributed by atoms with Crippen molar-refractivity contribution in [3.8, 4) is 5.75 Å². The van der Waals surface area contributed by atoms with E-state index in [0.29, 0.717) is 16.8 Å².